The Morgan fingerprint density at radius 1 is 1.26 bits per heavy atom. The van der Waals surface area contributed by atoms with Crippen LogP contribution >= 0.6 is 0 Å². The van der Waals surface area contributed by atoms with Crippen LogP contribution in [0.5, 0.6) is 0 Å². The summed E-state index contributed by atoms with van der Waals surface area (Å²) in [5, 5.41) is 10.8. The van der Waals surface area contributed by atoms with E-state index in [-0.39, 0.29) is 5.91 Å². The van der Waals surface area contributed by atoms with Gasteiger partial charge in [0.15, 0.2) is 5.69 Å². The second-order valence-electron chi connectivity index (χ2n) is 5.72. The number of fused-ring (bicyclic) bond motifs is 1. The SMILES string of the molecule is Cc1ccc2[nH]nc(C(=O)NCc3ccnc(N(C)C)c3)c2c1. The van der Waals surface area contributed by atoms with Crippen molar-refractivity contribution >= 4 is 22.6 Å². The van der Waals surface area contributed by atoms with E-state index in [1.165, 1.54) is 0 Å². The minimum atomic E-state index is -0.190. The second-order valence-corrected chi connectivity index (χ2v) is 5.72. The van der Waals surface area contributed by atoms with E-state index in [0.29, 0.717) is 12.2 Å². The van der Waals surface area contributed by atoms with E-state index in [1.807, 2.05) is 56.3 Å². The lowest BCUT2D eigenvalue weighted by atomic mass is 10.1. The standard InChI is InChI=1S/C17H19N5O/c1-11-4-5-14-13(8-11)16(21-20-14)17(23)19-10-12-6-7-18-15(9-12)22(2)3/h4-9H,10H2,1-3H3,(H,19,23)(H,20,21). The molecule has 0 saturated heterocycles. The van der Waals surface area contributed by atoms with Gasteiger partial charge in [-0.25, -0.2) is 4.98 Å². The number of amides is 1. The smallest absolute Gasteiger partial charge is 0.272 e. The Balaban J connectivity index is 1.76. The van der Waals surface area contributed by atoms with Crippen molar-refractivity contribution in [3.8, 4) is 0 Å². The largest absolute Gasteiger partial charge is 0.363 e. The molecule has 0 aliphatic rings. The van der Waals surface area contributed by atoms with Crippen LogP contribution in [-0.4, -0.2) is 35.2 Å². The molecule has 1 aromatic carbocycles. The summed E-state index contributed by atoms with van der Waals surface area (Å²) in [6.45, 7) is 2.43. The maximum absolute atomic E-state index is 12.4. The number of H-pyrrole nitrogens is 1. The number of pyridine rings is 1. The van der Waals surface area contributed by atoms with Gasteiger partial charge in [-0.15, -0.1) is 0 Å². The highest BCUT2D eigenvalue weighted by molar-refractivity contribution is 6.04. The van der Waals surface area contributed by atoms with E-state index in [4.69, 9.17) is 0 Å². The number of hydrogen-bond donors (Lipinski definition) is 2. The molecule has 118 valence electrons. The molecule has 0 saturated carbocycles. The van der Waals surface area contributed by atoms with Gasteiger partial charge >= 0.3 is 0 Å². The van der Waals surface area contributed by atoms with Crippen LogP contribution in [-0.2, 0) is 6.54 Å². The molecule has 0 radical (unpaired) electrons. The zero-order valence-corrected chi connectivity index (χ0v) is 13.4. The van der Waals surface area contributed by atoms with Crippen LogP contribution in [0.3, 0.4) is 0 Å². The first-order valence-corrected chi connectivity index (χ1v) is 7.40. The average Bonchev–Trinajstić information content (AvgIpc) is 2.96. The van der Waals surface area contributed by atoms with Crippen LogP contribution in [0.4, 0.5) is 5.82 Å². The minimum absolute atomic E-state index is 0.190. The Labute approximate surface area is 134 Å². The van der Waals surface area contributed by atoms with Gasteiger partial charge in [-0.3, -0.25) is 9.89 Å². The first-order valence-electron chi connectivity index (χ1n) is 7.40. The molecular formula is C17H19N5O. The summed E-state index contributed by atoms with van der Waals surface area (Å²) >= 11 is 0. The molecule has 0 spiro atoms. The summed E-state index contributed by atoms with van der Waals surface area (Å²) in [5.41, 5.74) is 3.37. The van der Waals surface area contributed by atoms with Crippen molar-refractivity contribution in [2.24, 2.45) is 0 Å². The number of anilines is 1. The number of benzene rings is 1. The molecule has 0 bridgehead atoms. The molecule has 2 aromatic heterocycles. The third-order valence-electron chi connectivity index (χ3n) is 3.65. The number of aryl methyl sites for hydroxylation is 1. The number of aromatic amines is 1. The predicted octanol–water partition coefficient (Wildman–Crippen LogP) is 2.26. The molecule has 1 amide bonds. The van der Waals surface area contributed by atoms with Crippen LogP contribution in [0, 0.1) is 6.92 Å². The molecule has 0 aliphatic carbocycles. The summed E-state index contributed by atoms with van der Waals surface area (Å²) in [7, 11) is 3.87. The summed E-state index contributed by atoms with van der Waals surface area (Å²) in [4.78, 5) is 18.6. The Bertz CT molecular complexity index is 853. The Morgan fingerprint density at radius 2 is 2.09 bits per heavy atom. The number of nitrogens with zero attached hydrogens (tertiary/aromatic N) is 3. The normalized spacial score (nSPS) is 10.7. The van der Waals surface area contributed by atoms with Crippen molar-refractivity contribution in [2.75, 3.05) is 19.0 Å². The molecule has 6 nitrogen and oxygen atoms in total. The molecule has 3 rings (SSSR count). The van der Waals surface area contributed by atoms with Crippen LogP contribution in [0.2, 0.25) is 0 Å². The number of aromatic nitrogens is 3. The summed E-state index contributed by atoms with van der Waals surface area (Å²) < 4.78 is 0. The van der Waals surface area contributed by atoms with Gasteiger partial charge < -0.3 is 10.2 Å². The lowest BCUT2D eigenvalue weighted by molar-refractivity contribution is 0.0947. The second kappa shape index (κ2) is 6.08. The lowest BCUT2D eigenvalue weighted by Gasteiger charge is -2.12. The summed E-state index contributed by atoms with van der Waals surface area (Å²) in [6.07, 6.45) is 1.74. The predicted molar refractivity (Wildman–Crippen MR) is 90.6 cm³/mol. The van der Waals surface area contributed by atoms with Crippen molar-refractivity contribution in [2.45, 2.75) is 13.5 Å². The third-order valence-corrected chi connectivity index (χ3v) is 3.65. The molecule has 0 aliphatic heterocycles. The maximum atomic E-state index is 12.4. The van der Waals surface area contributed by atoms with Gasteiger partial charge in [-0.1, -0.05) is 11.6 Å². The van der Waals surface area contributed by atoms with Gasteiger partial charge in [0, 0.05) is 32.2 Å². The lowest BCUT2D eigenvalue weighted by Crippen LogP contribution is -2.23. The molecule has 2 N–H and O–H groups in total. The third kappa shape index (κ3) is 3.15. The fourth-order valence-corrected chi connectivity index (χ4v) is 2.38. The maximum Gasteiger partial charge on any atom is 0.272 e. The van der Waals surface area contributed by atoms with Crippen LogP contribution in [0.25, 0.3) is 10.9 Å². The molecule has 0 fully saturated rings. The minimum Gasteiger partial charge on any atom is -0.363 e. The molecule has 2 heterocycles. The Kier molecular flexibility index (Phi) is 3.97. The zero-order chi connectivity index (χ0) is 16.4. The fraction of sp³-hybridized carbons (Fsp3) is 0.235. The van der Waals surface area contributed by atoms with E-state index in [0.717, 1.165) is 27.8 Å². The number of hydrogen-bond acceptors (Lipinski definition) is 4. The Hall–Kier alpha value is -2.89. The summed E-state index contributed by atoms with van der Waals surface area (Å²) in [5.74, 6) is 0.669. The van der Waals surface area contributed by atoms with Crippen molar-refractivity contribution in [3.63, 3.8) is 0 Å². The summed E-state index contributed by atoms with van der Waals surface area (Å²) in [6, 6.07) is 9.72. The molecular weight excluding hydrogens is 290 g/mol. The van der Waals surface area contributed by atoms with E-state index < -0.39 is 0 Å². The van der Waals surface area contributed by atoms with Crippen LogP contribution in [0.1, 0.15) is 21.6 Å². The highest BCUT2D eigenvalue weighted by Crippen LogP contribution is 2.17. The van der Waals surface area contributed by atoms with Gasteiger partial charge in [0.2, 0.25) is 0 Å². The zero-order valence-electron chi connectivity index (χ0n) is 13.4. The first-order chi connectivity index (χ1) is 11.0. The molecule has 6 heteroatoms. The van der Waals surface area contributed by atoms with E-state index >= 15 is 0 Å². The highest BCUT2D eigenvalue weighted by atomic mass is 16.1. The van der Waals surface area contributed by atoms with Gasteiger partial charge in [0.1, 0.15) is 5.82 Å². The van der Waals surface area contributed by atoms with E-state index in [2.05, 4.69) is 20.5 Å². The van der Waals surface area contributed by atoms with Crippen molar-refractivity contribution < 1.29 is 4.79 Å². The quantitative estimate of drug-likeness (QED) is 0.775. The van der Waals surface area contributed by atoms with Crippen molar-refractivity contribution in [1.82, 2.24) is 20.5 Å². The topological polar surface area (TPSA) is 73.9 Å². The highest BCUT2D eigenvalue weighted by Gasteiger charge is 2.14. The monoisotopic (exact) mass is 309 g/mol. The molecule has 0 atom stereocenters. The first kappa shape index (κ1) is 15.0. The van der Waals surface area contributed by atoms with Crippen LogP contribution in [0.15, 0.2) is 36.5 Å². The van der Waals surface area contributed by atoms with E-state index in [1.54, 1.807) is 6.20 Å². The number of carbonyl (C=O) groups is 1. The van der Waals surface area contributed by atoms with E-state index in [9.17, 15) is 4.79 Å². The van der Waals surface area contributed by atoms with Gasteiger partial charge in [0.05, 0.1) is 5.52 Å². The fourth-order valence-electron chi connectivity index (χ4n) is 2.38. The number of rotatable bonds is 4. The van der Waals surface area contributed by atoms with Crippen LogP contribution < -0.4 is 10.2 Å². The van der Waals surface area contributed by atoms with Crippen molar-refractivity contribution in [1.29, 1.82) is 0 Å². The number of carbonyl (C=O) groups excluding carboxylic acids is 1. The number of nitrogens with one attached hydrogen (secondary N) is 2. The molecule has 0 unspecified atom stereocenters. The average molecular weight is 309 g/mol. The van der Waals surface area contributed by atoms with Crippen molar-refractivity contribution in [3.05, 3.63) is 53.3 Å². The molecule has 23 heavy (non-hydrogen) atoms. The van der Waals surface area contributed by atoms with Gasteiger partial charge in [-0.2, -0.15) is 5.10 Å². The molecule has 3 aromatic rings. The Morgan fingerprint density at radius 3 is 2.87 bits per heavy atom. The van der Waals surface area contributed by atoms with Gasteiger partial charge in [-0.05, 0) is 36.8 Å². The van der Waals surface area contributed by atoms with Gasteiger partial charge in [0.25, 0.3) is 5.91 Å².